The maximum atomic E-state index is 13.1. The topological polar surface area (TPSA) is 102 Å². The SMILES string of the molecule is CCOc1ccc(Nc2nc(N)c(C(=O)c3c[nH]c4ccc(OC)cc34)s2)cc1. The molecule has 2 heterocycles. The largest absolute Gasteiger partial charge is 0.497 e. The number of ketones is 1. The average Bonchev–Trinajstić information content (AvgIpc) is 3.32. The number of ether oxygens (including phenoxy) is 2. The monoisotopic (exact) mass is 408 g/mol. The molecular weight excluding hydrogens is 388 g/mol. The number of aromatic amines is 1. The summed E-state index contributed by atoms with van der Waals surface area (Å²) in [4.78, 5) is 20.9. The van der Waals surface area contributed by atoms with Gasteiger partial charge in [0.15, 0.2) is 5.13 Å². The molecule has 0 saturated heterocycles. The maximum absolute atomic E-state index is 13.1. The van der Waals surface area contributed by atoms with E-state index in [1.54, 1.807) is 13.3 Å². The number of nitrogens with zero attached hydrogens (tertiary/aromatic N) is 1. The molecule has 0 bridgehead atoms. The Morgan fingerprint density at radius 2 is 1.97 bits per heavy atom. The molecule has 0 radical (unpaired) electrons. The minimum atomic E-state index is -0.181. The number of aromatic nitrogens is 2. The van der Waals surface area contributed by atoms with Crippen molar-refractivity contribution in [2.45, 2.75) is 6.92 Å². The molecule has 0 unspecified atom stereocenters. The Kier molecular flexibility index (Phi) is 5.09. The fourth-order valence-electron chi connectivity index (χ4n) is 3.01. The van der Waals surface area contributed by atoms with Gasteiger partial charge >= 0.3 is 0 Å². The molecule has 8 heteroatoms. The molecule has 29 heavy (non-hydrogen) atoms. The molecule has 0 aliphatic carbocycles. The zero-order valence-electron chi connectivity index (χ0n) is 16.0. The summed E-state index contributed by atoms with van der Waals surface area (Å²) in [7, 11) is 1.59. The van der Waals surface area contributed by atoms with Crippen LogP contribution in [-0.4, -0.2) is 29.5 Å². The number of nitrogens with one attached hydrogen (secondary N) is 2. The number of carbonyl (C=O) groups excluding carboxylic acids is 1. The molecule has 4 N–H and O–H groups in total. The van der Waals surface area contributed by atoms with Gasteiger partial charge in [-0.15, -0.1) is 0 Å². The molecule has 0 saturated carbocycles. The van der Waals surface area contributed by atoms with Crippen LogP contribution in [0.1, 0.15) is 22.2 Å². The summed E-state index contributed by atoms with van der Waals surface area (Å²) in [5, 5.41) is 4.51. The Morgan fingerprint density at radius 1 is 1.21 bits per heavy atom. The Labute approximate surface area is 171 Å². The number of thiazole rings is 1. The van der Waals surface area contributed by atoms with E-state index in [4.69, 9.17) is 15.2 Å². The second-order valence-corrected chi connectivity index (χ2v) is 7.26. The van der Waals surface area contributed by atoms with E-state index in [1.165, 1.54) is 11.3 Å². The van der Waals surface area contributed by atoms with Crippen molar-refractivity contribution in [1.29, 1.82) is 0 Å². The third-order valence-corrected chi connectivity index (χ3v) is 5.40. The van der Waals surface area contributed by atoms with Gasteiger partial charge in [-0.1, -0.05) is 11.3 Å². The van der Waals surface area contributed by atoms with Crippen LogP contribution < -0.4 is 20.5 Å². The van der Waals surface area contributed by atoms with Crippen LogP contribution in [0, 0.1) is 0 Å². The summed E-state index contributed by atoms with van der Waals surface area (Å²) in [6.07, 6.45) is 1.69. The van der Waals surface area contributed by atoms with E-state index in [2.05, 4.69) is 15.3 Å². The minimum absolute atomic E-state index is 0.181. The summed E-state index contributed by atoms with van der Waals surface area (Å²) in [6.45, 7) is 2.55. The highest BCUT2D eigenvalue weighted by Crippen LogP contribution is 2.32. The van der Waals surface area contributed by atoms with Gasteiger partial charge < -0.3 is 25.5 Å². The lowest BCUT2D eigenvalue weighted by molar-refractivity contribution is 0.104. The zero-order valence-corrected chi connectivity index (χ0v) is 16.8. The number of fused-ring (bicyclic) bond motifs is 1. The Bertz CT molecular complexity index is 1160. The summed E-state index contributed by atoms with van der Waals surface area (Å²) < 4.78 is 10.7. The van der Waals surface area contributed by atoms with Crippen LogP contribution in [0.4, 0.5) is 16.6 Å². The van der Waals surface area contributed by atoms with Gasteiger partial charge in [0.25, 0.3) is 0 Å². The molecule has 0 aliphatic heterocycles. The normalized spacial score (nSPS) is 10.8. The molecule has 0 amide bonds. The first-order chi connectivity index (χ1) is 14.1. The van der Waals surface area contributed by atoms with Crippen molar-refractivity contribution in [2.75, 3.05) is 24.8 Å². The number of hydrogen-bond donors (Lipinski definition) is 3. The molecule has 0 atom stereocenters. The molecule has 4 rings (SSSR count). The number of nitrogen functional groups attached to an aromatic ring is 1. The Balaban J connectivity index is 1.60. The number of methoxy groups -OCH3 is 1. The lowest BCUT2D eigenvalue weighted by Gasteiger charge is -2.05. The Morgan fingerprint density at radius 3 is 2.69 bits per heavy atom. The number of benzene rings is 2. The van der Waals surface area contributed by atoms with Gasteiger partial charge in [0.05, 0.1) is 13.7 Å². The highest BCUT2D eigenvalue weighted by Gasteiger charge is 2.21. The number of nitrogens with two attached hydrogens (primary N) is 1. The number of H-pyrrole nitrogens is 1. The van der Waals surface area contributed by atoms with Crippen molar-refractivity contribution in [3.05, 3.63) is 59.1 Å². The molecule has 4 aromatic rings. The number of carbonyl (C=O) groups is 1. The third-order valence-electron chi connectivity index (χ3n) is 4.41. The highest BCUT2D eigenvalue weighted by molar-refractivity contribution is 7.18. The smallest absolute Gasteiger partial charge is 0.208 e. The minimum Gasteiger partial charge on any atom is -0.497 e. The van der Waals surface area contributed by atoms with Crippen molar-refractivity contribution >= 4 is 44.7 Å². The summed E-state index contributed by atoms with van der Waals surface area (Å²) in [5.41, 5.74) is 8.26. The van der Waals surface area contributed by atoms with Crippen molar-refractivity contribution in [2.24, 2.45) is 0 Å². The molecule has 148 valence electrons. The first kappa shape index (κ1) is 18.8. The zero-order chi connectivity index (χ0) is 20.4. The van der Waals surface area contributed by atoms with E-state index in [0.29, 0.717) is 27.9 Å². The van der Waals surface area contributed by atoms with Crippen LogP contribution in [0.3, 0.4) is 0 Å². The van der Waals surface area contributed by atoms with Crippen LogP contribution in [0.25, 0.3) is 10.9 Å². The maximum Gasteiger partial charge on any atom is 0.208 e. The lowest BCUT2D eigenvalue weighted by atomic mass is 10.1. The number of rotatable bonds is 7. The molecule has 2 aromatic heterocycles. The van der Waals surface area contributed by atoms with Crippen molar-refractivity contribution in [3.63, 3.8) is 0 Å². The van der Waals surface area contributed by atoms with E-state index in [9.17, 15) is 4.79 Å². The van der Waals surface area contributed by atoms with Crippen molar-refractivity contribution < 1.29 is 14.3 Å². The fraction of sp³-hybridized carbons (Fsp3) is 0.143. The van der Waals surface area contributed by atoms with Gasteiger partial charge in [0.2, 0.25) is 5.78 Å². The molecule has 2 aromatic carbocycles. The molecular formula is C21H20N4O3S. The van der Waals surface area contributed by atoms with Crippen LogP contribution in [0.2, 0.25) is 0 Å². The molecule has 0 aliphatic rings. The average molecular weight is 408 g/mol. The quantitative estimate of drug-likeness (QED) is 0.387. The number of hydrogen-bond acceptors (Lipinski definition) is 7. The second-order valence-electron chi connectivity index (χ2n) is 6.26. The van der Waals surface area contributed by atoms with Crippen molar-refractivity contribution in [3.8, 4) is 11.5 Å². The molecule has 0 spiro atoms. The summed E-state index contributed by atoms with van der Waals surface area (Å²) >= 11 is 1.22. The highest BCUT2D eigenvalue weighted by atomic mass is 32.1. The lowest BCUT2D eigenvalue weighted by Crippen LogP contribution is -2.01. The van der Waals surface area contributed by atoms with Crippen LogP contribution in [0.5, 0.6) is 11.5 Å². The van der Waals surface area contributed by atoms with Gasteiger partial charge in [-0.05, 0) is 49.4 Å². The van der Waals surface area contributed by atoms with E-state index in [0.717, 1.165) is 22.3 Å². The van der Waals surface area contributed by atoms with Gasteiger partial charge in [0, 0.05) is 28.4 Å². The van der Waals surface area contributed by atoms with Crippen LogP contribution >= 0.6 is 11.3 Å². The van der Waals surface area contributed by atoms with Gasteiger partial charge in [-0.2, -0.15) is 0 Å². The van der Waals surface area contributed by atoms with E-state index in [-0.39, 0.29) is 11.6 Å². The third kappa shape index (κ3) is 3.74. The van der Waals surface area contributed by atoms with Gasteiger partial charge in [-0.3, -0.25) is 4.79 Å². The standard InChI is InChI=1S/C21H20N4O3S/c1-3-28-13-6-4-12(5-7-13)24-21-25-20(22)19(29-21)18(26)16-11-23-17-9-8-14(27-2)10-15(16)17/h4-11,23H,3,22H2,1-2H3,(H,24,25). The second kappa shape index (κ2) is 7.84. The molecule has 7 nitrogen and oxygen atoms in total. The van der Waals surface area contributed by atoms with E-state index >= 15 is 0 Å². The predicted octanol–water partition coefficient (Wildman–Crippen LogP) is 4.59. The molecule has 0 fully saturated rings. The van der Waals surface area contributed by atoms with Crippen LogP contribution in [-0.2, 0) is 0 Å². The summed E-state index contributed by atoms with van der Waals surface area (Å²) in [6, 6.07) is 13.1. The fourth-order valence-corrected chi connectivity index (χ4v) is 3.87. The first-order valence-corrected chi connectivity index (χ1v) is 9.86. The van der Waals surface area contributed by atoms with Gasteiger partial charge in [0.1, 0.15) is 22.2 Å². The number of anilines is 3. The van der Waals surface area contributed by atoms with E-state index in [1.807, 2.05) is 49.4 Å². The Hall–Kier alpha value is -3.52. The van der Waals surface area contributed by atoms with Crippen molar-refractivity contribution in [1.82, 2.24) is 9.97 Å². The predicted molar refractivity (Wildman–Crippen MR) is 116 cm³/mol. The first-order valence-electron chi connectivity index (χ1n) is 9.05. The van der Waals surface area contributed by atoms with Crippen LogP contribution in [0.15, 0.2) is 48.7 Å². The summed E-state index contributed by atoms with van der Waals surface area (Å²) in [5.74, 6) is 1.49. The van der Waals surface area contributed by atoms with Gasteiger partial charge in [-0.25, -0.2) is 4.98 Å². The van der Waals surface area contributed by atoms with E-state index < -0.39 is 0 Å².